The molecule has 1 saturated carbocycles. The topological polar surface area (TPSA) is 116 Å². The number of amides is 1. The van der Waals surface area contributed by atoms with Crippen LogP contribution >= 0.6 is 11.6 Å². The van der Waals surface area contributed by atoms with Gasteiger partial charge in [0.2, 0.25) is 6.54 Å². The summed E-state index contributed by atoms with van der Waals surface area (Å²) in [7, 11) is 0. The number of ketones is 1. The summed E-state index contributed by atoms with van der Waals surface area (Å²) < 4.78 is 4.94. The first-order chi connectivity index (χ1) is 12.7. The van der Waals surface area contributed by atoms with Crippen molar-refractivity contribution in [3.8, 4) is 0 Å². The average Bonchev–Trinajstić information content (AvgIpc) is 2.82. The van der Waals surface area contributed by atoms with Gasteiger partial charge in [0, 0.05) is 33.9 Å². The fraction of sp³-hybridized carbons (Fsp3) is 0.500. The second kappa shape index (κ2) is 8.94. The third kappa shape index (κ3) is 5.75. The maximum atomic E-state index is 12.0. The van der Waals surface area contributed by atoms with E-state index in [9.17, 15) is 24.5 Å². The molecule has 3 atom stereocenters. The number of esters is 1. The highest BCUT2D eigenvalue weighted by molar-refractivity contribution is 6.30. The van der Waals surface area contributed by atoms with Crippen molar-refractivity contribution >= 4 is 34.9 Å². The van der Waals surface area contributed by atoms with E-state index in [-0.39, 0.29) is 31.1 Å². The molecule has 146 valence electrons. The van der Waals surface area contributed by atoms with Crippen molar-refractivity contribution in [3.05, 3.63) is 38.9 Å². The van der Waals surface area contributed by atoms with Crippen LogP contribution in [0.15, 0.2) is 18.2 Å². The molecule has 0 aliphatic heterocycles. The minimum absolute atomic E-state index is 0.156. The van der Waals surface area contributed by atoms with Crippen molar-refractivity contribution in [2.24, 2.45) is 17.8 Å². The number of ether oxygens (including phenoxy) is 1. The lowest BCUT2D eigenvalue weighted by Gasteiger charge is -2.17. The number of carbonyl (C=O) groups excluding carboxylic acids is 3. The van der Waals surface area contributed by atoms with E-state index in [4.69, 9.17) is 16.3 Å². The molecule has 0 heterocycles. The van der Waals surface area contributed by atoms with Gasteiger partial charge in [-0.1, -0.05) is 18.5 Å². The summed E-state index contributed by atoms with van der Waals surface area (Å²) >= 11 is 5.85. The fourth-order valence-electron chi connectivity index (χ4n) is 3.34. The van der Waals surface area contributed by atoms with E-state index in [1.165, 1.54) is 0 Å². The number of benzene rings is 1. The van der Waals surface area contributed by atoms with Gasteiger partial charge in [-0.05, 0) is 36.6 Å². The Morgan fingerprint density at radius 3 is 2.74 bits per heavy atom. The lowest BCUT2D eigenvalue weighted by atomic mass is 9.88. The summed E-state index contributed by atoms with van der Waals surface area (Å²) in [6, 6.07) is 4.95. The number of rotatable bonds is 7. The molecule has 9 heteroatoms. The van der Waals surface area contributed by atoms with E-state index in [0.717, 1.165) is 5.56 Å². The van der Waals surface area contributed by atoms with Crippen molar-refractivity contribution in [2.45, 2.75) is 26.7 Å². The van der Waals surface area contributed by atoms with Gasteiger partial charge in [0.05, 0.1) is 6.42 Å². The van der Waals surface area contributed by atoms with Gasteiger partial charge in [0.25, 0.3) is 5.91 Å². The fourth-order valence-corrected chi connectivity index (χ4v) is 3.56. The zero-order valence-corrected chi connectivity index (χ0v) is 15.8. The second-order valence-corrected chi connectivity index (χ2v) is 7.24. The van der Waals surface area contributed by atoms with Gasteiger partial charge in [-0.15, -0.1) is 0 Å². The molecule has 1 aliphatic rings. The van der Waals surface area contributed by atoms with Crippen molar-refractivity contribution in [1.82, 2.24) is 0 Å². The zero-order chi connectivity index (χ0) is 20.1. The first-order valence-electron chi connectivity index (χ1n) is 8.53. The highest BCUT2D eigenvalue weighted by atomic mass is 35.5. The van der Waals surface area contributed by atoms with Crippen LogP contribution in [0.4, 0.5) is 5.69 Å². The van der Waals surface area contributed by atoms with Crippen LogP contribution in [-0.4, -0.2) is 35.7 Å². The molecule has 27 heavy (non-hydrogen) atoms. The summed E-state index contributed by atoms with van der Waals surface area (Å²) in [5.74, 6) is -2.81. The summed E-state index contributed by atoms with van der Waals surface area (Å²) in [6.07, 6.45) is -0.0400. The highest BCUT2D eigenvalue weighted by Gasteiger charge is 2.44. The monoisotopic (exact) mass is 396 g/mol. The number of hydrogen-bond donors (Lipinski definition) is 1. The number of nitrogens with one attached hydrogen (secondary N) is 1. The molecule has 2 rings (SSSR count). The van der Waals surface area contributed by atoms with Gasteiger partial charge in [0.1, 0.15) is 5.78 Å². The van der Waals surface area contributed by atoms with Gasteiger partial charge < -0.3 is 10.1 Å². The SMILES string of the molecule is Cc1cc(Cl)ccc1NC(=O)COC(=O)C[C@H]1C(=O)C[C@@H](C)[C@@H]1C[N+](=O)[O-]. The van der Waals surface area contributed by atoms with Gasteiger partial charge >= 0.3 is 5.97 Å². The smallest absolute Gasteiger partial charge is 0.307 e. The van der Waals surface area contributed by atoms with Crippen molar-refractivity contribution in [3.63, 3.8) is 0 Å². The Morgan fingerprint density at radius 2 is 2.11 bits per heavy atom. The Labute approximate surface area is 161 Å². The largest absolute Gasteiger partial charge is 0.456 e. The zero-order valence-electron chi connectivity index (χ0n) is 15.1. The van der Waals surface area contributed by atoms with Crippen molar-refractivity contribution in [2.75, 3.05) is 18.5 Å². The van der Waals surface area contributed by atoms with Crippen LogP contribution in [0, 0.1) is 34.8 Å². The third-order valence-corrected chi connectivity index (χ3v) is 4.99. The molecule has 0 saturated heterocycles. The molecule has 0 radical (unpaired) electrons. The summed E-state index contributed by atoms with van der Waals surface area (Å²) in [5, 5.41) is 13.9. The Balaban J connectivity index is 1.86. The van der Waals surface area contributed by atoms with Gasteiger partial charge in [-0.25, -0.2) is 0 Å². The number of anilines is 1. The van der Waals surface area contributed by atoms with E-state index in [2.05, 4.69) is 5.32 Å². The minimum atomic E-state index is -0.737. The lowest BCUT2D eigenvalue weighted by molar-refractivity contribution is -0.490. The van der Waals surface area contributed by atoms with E-state index >= 15 is 0 Å². The third-order valence-electron chi connectivity index (χ3n) is 4.76. The number of nitrogens with zero attached hydrogens (tertiary/aromatic N) is 1. The number of halogens is 1. The standard InChI is InChI=1S/C18H21ClN2O6/c1-10-6-16(22)13(14(10)8-21(25)26)7-18(24)27-9-17(23)20-15-4-3-12(19)5-11(15)2/h3-5,10,13-14H,6-9H2,1-2H3,(H,20,23)/t10-,13-,14+/m1/s1. The number of aryl methyl sites for hydroxylation is 1. The first-order valence-corrected chi connectivity index (χ1v) is 8.91. The molecular weight excluding hydrogens is 376 g/mol. The van der Waals surface area contributed by atoms with Gasteiger partial charge in [-0.2, -0.15) is 0 Å². The number of Topliss-reactive ketones (excluding diaryl/α,β-unsaturated/α-hetero) is 1. The summed E-state index contributed by atoms with van der Waals surface area (Å²) in [5.41, 5.74) is 1.31. The normalized spacial score (nSPS) is 21.7. The van der Waals surface area contributed by atoms with E-state index in [0.29, 0.717) is 10.7 Å². The van der Waals surface area contributed by atoms with Crippen LogP contribution in [0.5, 0.6) is 0 Å². The number of carbonyl (C=O) groups is 3. The van der Waals surface area contributed by atoms with E-state index in [1.807, 2.05) is 0 Å². The molecule has 1 aromatic carbocycles. The molecule has 0 unspecified atom stereocenters. The van der Waals surface area contributed by atoms with Crippen molar-refractivity contribution < 1.29 is 24.0 Å². The van der Waals surface area contributed by atoms with Crippen LogP contribution in [0.25, 0.3) is 0 Å². The molecule has 1 aliphatic carbocycles. The van der Waals surface area contributed by atoms with E-state index in [1.54, 1.807) is 32.0 Å². The summed E-state index contributed by atoms with van der Waals surface area (Å²) in [6.45, 7) is 2.67. The molecule has 1 aromatic rings. The van der Waals surface area contributed by atoms with Crippen LogP contribution in [0.3, 0.4) is 0 Å². The minimum Gasteiger partial charge on any atom is -0.456 e. The Bertz CT molecular complexity index is 766. The molecule has 0 bridgehead atoms. The molecule has 1 fully saturated rings. The molecule has 1 amide bonds. The lowest BCUT2D eigenvalue weighted by Crippen LogP contribution is -2.28. The predicted molar refractivity (Wildman–Crippen MR) is 98.0 cm³/mol. The molecule has 8 nitrogen and oxygen atoms in total. The van der Waals surface area contributed by atoms with E-state index < -0.39 is 35.2 Å². The second-order valence-electron chi connectivity index (χ2n) is 6.81. The maximum absolute atomic E-state index is 12.0. The van der Waals surface area contributed by atoms with Gasteiger partial charge in [0.15, 0.2) is 6.61 Å². The number of nitro groups is 1. The summed E-state index contributed by atoms with van der Waals surface area (Å²) in [4.78, 5) is 46.3. The molecule has 0 aromatic heterocycles. The number of hydrogen-bond acceptors (Lipinski definition) is 6. The quantitative estimate of drug-likeness (QED) is 0.430. The van der Waals surface area contributed by atoms with Crippen LogP contribution in [0.2, 0.25) is 5.02 Å². The molecular formula is C18H21ClN2O6. The highest BCUT2D eigenvalue weighted by Crippen LogP contribution is 2.36. The van der Waals surface area contributed by atoms with Crippen LogP contribution in [-0.2, 0) is 19.1 Å². The average molecular weight is 397 g/mol. The Morgan fingerprint density at radius 1 is 1.41 bits per heavy atom. The Kier molecular flexibility index (Phi) is 6.90. The maximum Gasteiger partial charge on any atom is 0.307 e. The Hall–Kier alpha value is -2.48. The molecule has 1 N–H and O–H groups in total. The molecule has 0 spiro atoms. The van der Waals surface area contributed by atoms with Gasteiger partial charge in [-0.3, -0.25) is 24.5 Å². The first kappa shape index (κ1) is 20.8. The van der Waals surface area contributed by atoms with Crippen LogP contribution in [0.1, 0.15) is 25.3 Å². The predicted octanol–water partition coefficient (Wildman–Crippen LogP) is 2.64. The van der Waals surface area contributed by atoms with Crippen LogP contribution < -0.4 is 5.32 Å². The van der Waals surface area contributed by atoms with Crippen molar-refractivity contribution in [1.29, 1.82) is 0 Å².